The number of piperidine rings is 1. The maximum absolute atomic E-state index is 13.0. The Kier molecular flexibility index (Phi) is 8.01. The highest BCUT2D eigenvalue weighted by Crippen LogP contribution is 2.25. The van der Waals surface area contributed by atoms with Crippen molar-refractivity contribution in [1.82, 2.24) is 15.2 Å². The zero-order valence-electron chi connectivity index (χ0n) is 19.9. The quantitative estimate of drug-likeness (QED) is 0.634. The highest BCUT2D eigenvalue weighted by Gasteiger charge is 2.28. The molecular weight excluding hydrogens is 398 g/mol. The minimum atomic E-state index is 0.0856. The Balaban J connectivity index is 1.34. The standard InChI is InChI=1S/C27H39N3O2/c1-3-21-13-15-22(16-14-21)27-29-25(20(2)32-27)19-30-17-9-10-23(18-30)26(31)28-24-11-7-5-4-6-8-12-24/h13-16,23-24H,3-12,17-19H2,1-2H3,(H,28,31)/t23-/m0/s1. The molecule has 1 N–H and O–H groups in total. The molecular formula is C27H39N3O2. The van der Waals surface area contributed by atoms with Gasteiger partial charge in [0.05, 0.1) is 11.6 Å². The number of benzene rings is 1. The van der Waals surface area contributed by atoms with Crippen molar-refractivity contribution in [3.8, 4) is 11.5 Å². The van der Waals surface area contributed by atoms with Gasteiger partial charge in [0.1, 0.15) is 5.76 Å². The molecule has 1 aliphatic heterocycles. The van der Waals surface area contributed by atoms with Gasteiger partial charge in [-0.15, -0.1) is 0 Å². The van der Waals surface area contributed by atoms with Crippen molar-refractivity contribution in [2.45, 2.75) is 90.6 Å². The molecule has 1 aromatic heterocycles. The number of aryl methyl sites for hydroxylation is 2. The average molecular weight is 438 g/mol. The van der Waals surface area contributed by atoms with Crippen LogP contribution in [-0.4, -0.2) is 34.9 Å². The SMILES string of the molecule is CCc1ccc(-c2nc(CN3CCC[C@H](C(=O)NC4CCCCCCC4)C3)c(C)o2)cc1. The number of hydrogen-bond donors (Lipinski definition) is 1. The fourth-order valence-corrected chi connectivity index (χ4v) is 5.13. The summed E-state index contributed by atoms with van der Waals surface area (Å²) in [6.07, 6.45) is 11.8. The Morgan fingerprint density at radius 2 is 1.78 bits per heavy atom. The van der Waals surface area contributed by atoms with E-state index in [4.69, 9.17) is 9.40 Å². The van der Waals surface area contributed by atoms with Crippen LogP contribution in [0.4, 0.5) is 0 Å². The molecule has 1 aromatic carbocycles. The second-order valence-electron chi connectivity index (χ2n) is 9.70. The van der Waals surface area contributed by atoms with Gasteiger partial charge in [0, 0.05) is 24.7 Å². The number of nitrogens with zero attached hydrogens (tertiary/aromatic N) is 2. The second-order valence-corrected chi connectivity index (χ2v) is 9.70. The van der Waals surface area contributed by atoms with Crippen molar-refractivity contribution < 1.29 is 9.21 Å². The summed E-state index contributed by atoms with van der Waals surface area (Å²) in [7, 11) is 0. The second kappa shape index (κ2) is 11.1. The number of likely N-dealkylation sites (tertiary alicyclic amines) is 1. The molecule has 5 heteroatoms. The fourth-order valence-electron chi connectivity index (χ4n) is 5.13. The van der Waals surface area contributed by atoms with E-state index in [0.29, 0.717) is 11.9 Å². The summed E-state index contributed by atoms with van der Waals surface area (Å²) in [6.45, 7) is 6.72. The molecule has 1 atom stereocenters. The molecule has 0 unspecified atom stereocenters. The Morgan fingerprint density at radius 3 is 2.50 bits per heavy atom. The molecule has 1 aliphatic carbocycles. The van der Waals surface area contributed by atoms with Crippen LogP contribution < -0.4 is 5.32 Å². The zero-order valence-corrected chi connectivity index (χ0v) is 19.9. The largest absolute Gasteiger partial charge is 0.441 e. The summed E-state index contributed by atoms with van der Waals surface area (Å²) in [6, 6.07) is 8.82. The number of amides is 1. The van der Waals surface area contributed by atoms with Crippen LogP contribution in [0.15, 0.2) is 28.7 Å². The van der Waals surface area contributed by atoms with E-state index >= 15 is 0 Å². The summed E-state index contributed by atoms with van der Waals surface area (Å²) < 4.78 is 6.00. The molecule has 32 heavy (non-hydrogen) atoms. The highest BCUT2D eigenvalue weighted by molar-refractivity contribution is 5.79. The lowest BCUT2D eigenvalue weighted by Gasteiger charge is -2.32. The van der Waals surface area contributed by atoms with E-state index in [9.17, 15) is 4.79 Å². The third kappa shape index (κ3) is 6.00. The third-order valence-corrected chi connectivity index (χ3v) is 7.20. The van der Waals surface area contributed by atoms with Crippen LogP contribution in [0.25, 0.3) is 11.5 Å². The Bertz CT molecular complexity index is 866. The molecule has 1 amide bonds. The van der Waals surface area contributed by atoms with E-state index in [2.05, 4.69) is 41.4 Å². The molecule has 2 fully saturated rings. The molecule has 2 heterocycles. The van der Waals surface area contributed by atoms with Crippen LogP contribution in [0, 0.1) is 12.8 Å². The predicted molar refractivity (Wildman–Crippen MR) is 128 cm³/mol. The van der Waals surface area contributed by atoms with E-state index in [1.54, 1.807) is 0 Å². The first-order valence-corrected chi connectivity index (χ1v) is 12.7. The van der Waals surface area contributed by atoms with Crippen LogP contribution in [0.5, 0.6) is 0 Å². The zero-order chi connectivity index (χ0) is 22.3. The van der Waals surface area contributed by atoms with Crippen molar-refractivity contribution in [1.29, 1.82) is 0 Å². The highest BCUT2D eigenvalue weighted by atomic mass is 16.4. The van der Waals surface area contributed by atoms with Crippen LogP contribution in [0.1, 0.15) is 81.7 Å². The van der Waals surface area contributed by atoms with Gasteiger partial charge in [-0.1, -0.05) is 51.2 Å². The summed E-state index contributed by atoms with van der Waals surface area (Å²) in [4.78, 5) is 20.2. The Labute approximate surface area is 193 Å². The minimum absolute atomic E-state index is 0.0856. The maximum Gasteiger partial charge on any atom is 0.226 e. The lowest BCUT2D eigenvalue weighted by atomic mass is 9.94. The molecule has 174 valence electrons. The lowest BCUT2D eigenvalue weighted by Crippen LogP contribution is -2.45. The summed E-state index contributed by atoms with van der Waals surface area (Å²) in [5.74, 6) is 1.91. The molecule has 2 aliphatic rings. The molecule has 5 nitrogen and oxygen atoms in total. The van der Waals surface area contributed by atoms with Crippen LogP contribution in [0.2, 0.25) is 0 Å². The summed E-state index contributed by atoms with van der Waals surface area (Å²) in [5, 5.41) is 3.39. The number of oxazole rings is 1. The minimum Gasteiger partial charge on any atom is -0.441 e. The van der Waals surface area contributed by atoms with Gasteiger partial charge in [-0.3, -0.25) is 9.69 Å². The van der Waals surface area contributed by atoms with Gasteiger partial charge in [-0.05, 0) is 63.3 Å². The van der Waals surface area contributed by atoms with Gasteiger partial charge in [0.2, 0.25) is 11.8 Å². The van der Waals surface area contributed by atoms with E-state index in [0.717, 1.165) is 68.8 Å². The monoisotopic (exact) mass is 437 g/mol. The van der Waals surface area contributed by atoms with Gasteiger partial charge in [-0.25, -0.2) is 4.98 Å². The number of aromatic nitrogens is 1. The molecule has 0 spiro atoms. The van der Waals surface area contributed by atoms with Crippen LogP contribution in [0.3, 0.4) is 0 Å². The maximum atomic E-state index is 13.0. The molecule has 1 saturated carbocycles. The van der Waals surface area contributed by atoms with Crippen molar-refractivity contribution >= 4 is 5.91 Å². The third-order valence-electron chi connectivity index (χ3n) is 7.20. The lowest BCUT2D eigenvalue weighted by molar-refractivity contribution is -0.127. The smallest absolute Gasteiger partial charge is 0.226 e. The Morgan fingerprint density at radius 1 is 1.06 bits per heavy atom. The molecule has 0 radical (unpaired) electrons. The van der Waals surface area contributed by atoms with Crippen molar-refractivity contribution in [3.05, 3.63) is 41.3 Å². The number of carbonyl (C=O) groups is 1. The number of rotatable bonds is 6. The summed E-state index contributed by atoms with van der Waals surface area (Å²) in [5.41, 5.74) is 3.32. The van der Waals surface area contributed by atoms with Gasteiger partial charge >= 0.3 is 0 Å². The Hall–Kier alpha value is -2.14. The first kappa shape index (κ1) is 23.0. The average Bonchev–Trinajstić information content (AvgIpc) is 3.15. The normalized spacial score (nSPS) is 21.1. The van der Waals surface area contributed by atoms with Crippen molar-refractivity contribution in [3.63, 3.8) is 0 Å². The van der Waals surface area contributed by atoms with Gasteiger partial charge in [0.25, 0.3) is 0 Å². The number of nitrogens with one attached hydrogen (secondary N) is 1. The molecule has 4 rings (SSSR count). The van der Waals surface area contributed by atoms with Gasteiger partial charge in [0.15, 0.2) is 0 Å². The topological polar surface area (TPSA) is 58.4 Å². The first-order chi connectivity index (χ1) is 15.6. The predicted octanol–water partition coefficient (Wildman–Crippen LogP) is 5.65. The van der Waals surface area contributed by atoms with E-state index in [-0.39, 0.29) is 11.8 Å². The fraction of sp³-hybridized carbons (Fsp3) is 0.630. The first-order valence-electron chi connectivity index (χ1n) is 12.7. The van der Waals surface area contributed by atoms with Crippen molar-refractivity contribution in [2.24, 2.45) is 5.92 Å². The van der Waals surface area contributed by atoms with Crippen LogP contribution >= 0.6 is 0 Å². The number of carbonyl (C=O) groups excluding carboxylic acids is 1. The summed E-state index contributed by atoms with van der Waals surface area (Å²) >= 11 is 0. The van der Waals surface area contributed by atoms with E-state index in [1.807, 2.05) is 6.92 Å². The molecule has 1 saturated heterocycles. The molecule has 0 bridgehead atoms. The number of hydrogen-bond acceptors (Lipinski definition) is 4. The van der Waals surface area contributed by atoms with Gasteiger partial charge < -0.3 is 9.73 Å². The van der Waals surface area contributed by atoms with Crippen LogP contribution in [-0.2, 0) is 17.8 Å². The van der Waals surface area contributed by atoms with E-state index < -0.39 is 0 Å². The molecule has 2 aromatic rings. The van der Waals surface area contributed by atoms with Gasteiger partial charge in [-0.2, -0.15) is 0 Å². The van der Waals surface area contributed by atoms with E-state index in [1.165, 1.54) is 37.7 Å². The van der Waals surface area contributed by atoms with Crippen molar-refractivity contribution in [2.75, 3.05) is 13.1 Å².